The van der Waals surface area contributed by atoms with Gasteiger partial charge in [0.05, 0.1) is 0 Å². The van der Waals surface area contributed by atoms with Crippen molar-refractivity contribution in [2.75, 3.05) is 0 Å². The van der Waals surface area contributed by atoms with Gasteiger partial charge in [-0.15, -0.1) is 0 Å². The van der Waals surface area contributed by atoms with Gasteiger partial charge in [0.2, 0.25) is 0 Å². The van der Waals surface area contributed by atoms with Crippen molar-refractivity contribution >= 4 is 0 Å². The Balaban J connectivity index is 1.16. The first-order valence-electron chi connectivity index (χ1n) is 14.0. The second-order valence-electron chi connectivity index (χ2n) is 12.1. The van der Waals surface area contributed by atoms with Gasteiger partial charge in [-0.05, 0) is 70.0 Å². The number of hydrogen-bond donors (Lipinski definition) is 0. The SMILES string of the molecule is CCCCCCC12C3C4C1C1(c5ccc(-c6ccccc6)cc5)C2C3C41CCCCCC. The molecule has 6 fully saturated rings. The number of rotatable bonds is 12. The molecule has 168 valence electrons. The van der Waals surface area contributed by atoms with E-state index in [0.717, 1.165) is 40.4 Å². The topological polar surface area (TPSA) is 0 Å². The molecule has 0 radical (unpaired) electrons. The van der Waals surface area contributed by atoms with Crippen molar-refractivity contribution in [3.05, 3.63) is 60.2 Å². The van der Waals surface area contributed by atoms with Gasteiger partial charge in [0.25, 0.3) is 0 Å². The minimum Gasteiger partial charge on any atom is -0.0654 e. The zero-order chi connectivity index (χ0) is 21.6. The predicted octanol–water partition coefficient (Wildman–Crippen LogP) is 8.65. The predicted molar refractivity (Wildman–Crippen MR) is 133 cm³/mol. The Kier molecular flexibility index (Phi) is 4.18. The highest BCUT2D eigenvalue weighted by molar-refractivity contribution is 5.69. The Hall–Kier alpha value is -1.56. The molecule has 6 aliphatic rings. The molecule has 0 spiro atoms. The summed E-state index contributed by atoms with van der Waals surface area (Å²) in [6.07, 6.45) is 14.6. The minimum absolute atomic E-state index is 0.600. The highest BCUT2D eigenvalue weighted by atomic mass is 15.2. The molecule has 4 unspecified atom stereocenters. The summed E-state index contributed by atoms with van der Waals surface area (Å²) in [4.78, 5) is 0. The molecule has 2 aromatic rings. The molecule has 0 N–H and O–H groups in total. The van der Waals surface area contributed by atoms with Crippen molar-refractivity contribution in [3.8, 4) is 11.1 Å². The fourth-order valence-electron chi connectivity index (χ4n) is 11.1. The summed E-state index contributed by atoms with van der Waals surface area (Å²) in [5, 5.41) is 0. The lowest BCUT2D eigenvalue weighted by atomic mass is 8.87. The summed E-state index contributed by atoms with van der Waals surface area (Å²) < 4.78 is 0. The lowest BCUT2D eigenvalue weighted by molar-refractivity contribution is -0.674. The summed E-state index contributed by atoms with van der Waals surface area (Å²) in [7, 11) is 0. The molecule has 0 bridgehead atoms. The normalized spacial score (nSPS) is 42.8. The van der Waals surface area contributed by atoms with E-state index in [-0.39, 0.29) is 0 Å². The van der Waals surface area contributed by atoms with Gasteiger partial charge in [0, 0.05) is 5.41 Å². The molecule has 6 saturated carbocycles. The summed E-state index contributed by atoms with van der Waals surface area (Å²) >= 11 is 0. The zero-order valence-corrected chi connectivity index (χ0v) is 20.2. The Labute approximate surface area is 195 Å². The van der Waals surface area contributed by atoms with Crippen molar-refractivity contribution in [1.82, 2.24) is 0 Å². The van der Waals surface area contributed by atoms with Crippen LogP contribution in [0.15, 0.2) is 54.6 Å². The summed E-state index contributed by atoms with van der Waals surface area (Å²) in [6.45, 7) is 4.70. The second-order valence-corrected chi connectivity index (χ2v) is 12.1. The molecule has 0 heterocycles. The Morgan fingerprint density at radius 1 is 0.594 bits per heavy atom. The van der Waals surface area contributed by atoms with E-state index in [9.17, 15) is 0 Å². The summed E-state index contributed by atoms with van der Waals surface area (Å²) in [5.74, 6) is 5.53. The van der Waals surface area contributed by atoms with Gasteiger partial charge in [-0.1, -0.05) is 120 Å². The van der Waals surface area contributed by atoms with Crippen LogP contribution in [0, 0.1) is 40.4 Å². The monoisotopic (exact) mass is 424 g/mol. The number of hydrogen-bond acceptors (Lipinski definition) is 0. The first-order valence-corrected chi connectivity index (χ1v) is 14.0. The second kappa shape index (κ2) is 6.74. The van der Waals surface area contributed by atoms with Gasteiger partial charge in [-0.25, -0.2) is 0 Å². The lowest BCUT2D eigenvalue weighted by Crippen LogP contribution is -3.15. The van der Waals surface area contributed by atoms with E-state index in [4.69, 9.17) is 0 Å². The van der Waals surface area contributed by atoms with Gasteiger partial charge < -0.3 is 0 Å². The fourth-order valence-corrected chi connectivity index (χ4v) is 11.1. The van der Waals surface area contributed by atoms with Crippen LogP contribution in [0.25, 0.3) is 11.1 Å². The molecule has 4 atom stereocenters. The molecule has 2 aromatic carbocycles. The smallest absolute Gasteiger partial charge is 0.00884 e. The highest BCUT2D eigenvalue weighted by Crippen LogP contribution is 3.15. The lowest BCUT2D eigenvalue weighted by Gasteiger charge is -3.16. The van der Waals surface area contributed by atoms with Crippen molar-refractivity contribution < 1.29 is 0 Å². The van der Waals surface area contributed by atoms with Gasteiger partial charge >= 0.3 is 0 Å². The summed E-state index contributed by atoms with van der Waals surface area (Å²) in [5.41, 5.74) is 6.63. The first-order chi connectivity index (χ1) is 15.8. The molecule has 0 aromatic heterocycles. The fraction of sp³-hybridized carbons (Fsp3) is 0.625. The number of unbranched alkanes of at least 4 members (excludes halogenated alkanes) is 6. The van der Waals surface area contributed by atoms with E-state index in [1.54, 1.807) is 12.0 Å². The average molecular weight is 425 g/mol. The highest BCUT2D eigenvalue weighted by Gasteiger charge is 3.13. The maximum Gasteiger partial charge on any atom is 0.00884 e. The van der Waals surface area contributed by atoms with Crippen LogP contribution in [0.4, 0.5) is 0 Å². The molecular formula is C32H40. The van der Waals surface area contributed by atoms with Gasteiger partial charge in [0.15, 0.2) is 0 Å². The van der Waals surface area contributed by atoms with Crippen LogP contribution in [-0.4, -0.2) is 0 Å². The zero-order valence-electron chi connectivity index (χ0n) is 20.2. The molecule has 0 aliphatic heterocycles. The van der Waals surface area contributed by atoms with Gasteiger partial charge in [-0.3, -0.25) is 0 Å². The van der Waals surface area contributed by atoms with E-state index >= 15 is 0 Å². The molecule has 6 aliphatic carbocycles. The van der Waals surface area contributed by atoms with Crippen LogP contribution in [0.5, 0.6) is 0 Å². The van der Waals surface area contributed by atoms with Crippen molar-refractivity contribution in [1.29, 1.82) is 0 Å². The van der Waals surface area contributed by atoms with E-state index in [2.05, 4.69) is 68.4 Å². The van der Waals surface area contributed by atoms with E-state index in [0.29, 0.717) is 5.41 Å². The Morgan fingerprint density at radius 2 is 1.19 bits per heavy atom. The van der Waals surface area contributed by atoms with Crippen LogP contribution < -0.4 is 0 Å². The third kappa shape index (κ3) is 1.86. The van der Waals surface area contributed by atoms with Crippen molar-refractivity contribution in [3.63, 3.8) is 0 Å². The third-order valence-corrected chi connectivity index (χ3v) is 11.6. The maximum atomic E-state index is 2.56. The van der Waals surface area contributed by atoms with Crippen molar-refractivity contribution in [2.45, 2.75) is 83.5 Å². The van der Waals surface area contributed by atoms with Crippen LogP contribution in [0.3, 0.4) is 0 Å². The molecule has 0 saturated heterocycles. The first kappa shape index (κ1) is 19.9. The third-order valence-electron chi connectivity index (χ3n) is 11.6. The molecule has 0 heteroatoms. The molecule has 8 rings (SSSR count). The molecule has 0 amide bonds. The van der Waals surface area contributed by atoms with Crippen LogP contribution in [0.1, 0.15) is 83.6 Å². The Morgan fingerprint density at radius 3 is 1.81 bits per heavy atom. The van der Waals surface area contributed by atoms with Gasteiger partial charge in [0.1, 0.15) is 0 Å². The van der Waals surface area contributed by atoms with E-state index in [1.807, 2.05) is 0 Å². The Bertz CT molecular complexity index is 978. The minimum atomic E-state index is 0.600. The van der Waals surface area contributed by atoms with Crippen molar-refractivity contribution in [2.24, 2.45) is 40.4 Å². The average Bonchev–Trinajstić information content (AvgIpc) is 2.85. The largest absolute Gasteiger partial charge is 0.0654 e. The summed E-state index contributed by atoms with van der Waals surface area (Å²) in [6, 6.07) is 20.9. The molecular weight excluding hydrogens is 384 g/mol. The molecule has 32 heavy (non-hydrogen) atoms. The number of benzene rings is 2. The standard InChI is InChI=1S/C32H40/c1-3-5-7-12-20-30-25-26-28(30)32(29(30)27(25)31(26,32)21-13-8-6-4-2)24-18-16-23(17-19-24)22-14-10-9-11-15-22/h9-11,14-19,25-29H,3-8,12-13,20-21H2,1-2H3. The van der Waals surface area contributed by atoms with Crippen LogP contribution in [-0.2, 0) is 5.41 Å². The van der Waals surface area contributed by atoms with Gasteiger partial charge in [-0.2, -0.15) is 0 Å². The van der Waals surface area contributed by atoms with Crippen LogP contribution in [0.2, 0.25) is 0 Å². The molecule has 0 nitrogen and oxygen atoms in total. The van der Waals surface area contributed by atoms with E-state index in [1.165, 1.54) is 68.9 Å². The maximum absolute atomic E-state index is 2.56. The quantitative estimate of drug-likeness (QED) is 0.299. The van der Waals surface area contributed by atoms with Crippen LogP contribution >= 0.6 is 0 Å². The van der Waals surface area contributed by atoms with E-state index < -0.39 is 0 Å².